The molecule has 1 aliphatic carbocycles. The molecular formula is C14H16ClNO3. The van der Waals surface area contributed by atoms with E-state index in [1.165, 1.54) is 0 Å². The summed E-state index contributed by atoms with van der Waals surface area (Å²) in [4.78, 5) is 23.2. The van der Waals surface area contributed by atoms with E-state index in [1.54, 1.807) is 12.1 Å². The predicted molar refractivity (Wildman–Crippen MR) is 72.4 cm³/mol. The number of hydrogen-bond donors (Lipinski definition) is 2. The number of nitrogens with one attached hydrogen (secondary N) is 1. The van der Waals surface area contributed by atoms with E-state index in [2.05, 4.69) is 5.32 Å². The van der Waals surface area contributed by atoms with Crippen LogP contribution in [-0.4, -0.2) is 23.0 Å². The maximum absolute atomic E-state index is 12.2. The Hall–Kier alpha value is -1.55. The van der Waals surface area contributed by atoms with Gasteiger partial charge in [0.2, 0.25) is 0 Å². The smallest absolute Gasteiger partial charge is 0.308 e. The molecule has 1 aromatic carbocycles. The normalized spacial score (nSPS) is 22.2. The van der Waals surface area contributed by atoms with Gasteiger partial charge >= 0.3 is 5.97 Å². The fraction of sp³-hybridized carbons (Fsp3) is 0.429. The summed E-state index contributed by atoms with van der Waals surface area (Å²) in [7, 11) is 0. The highest BCUT2D eigenvalue weighted by Gasteiger charge is 2.34. The van der Waals surface area contributed by atoms with Crippen molar-refractivity contribution in [1.82, 2.24) is 5.32 Å². The summed E-state index contributed by atoms with van der Waals surface area (Å²) in [5, 5.41) is 12.3. The fourth-order valence-corrected chi connectivity index (χ4v) is 2.71. The van der Waals surface area contributed by atoms with Crippen LogP contribution in [-0.2, 0) is 4.79 Å². The number of halogens is 1. The Kier molecular flexibility index (Phi) is 4.10. The molecule has 2 rings (SSSR count). The van der Waals surface area contributed by atoms with Crippen LogP contribution in [0, 0.1) is 12.8 Å². The highest BCUT2D eigenvalue weighted by Crippen LogP contribution is 2.27. The molecule has 2 N–H and O–H groups in total. The van der Waals surface area contributed by atoms with Crippen molar-refractivity contribution in [2.75, 3.05) is 0 Å². The Morgan fingerprint density at radius 3 is 2.79 bits per heavy atom. The Morgan fingerprint density at radius 2 is 2.11 bits per heavy atom. The predicted octanol–water partition coefficient (Wildman–Crippen LogP) is 2.63. The number of aryl methyl sites for hydroxylation is 1. The van der Waals surface area contributed by atoms with Crippen LogP contribution in [0.5, 0.6) is 0 Å². The zero-order valence-corrected chi connectivity index (χ0v) is 11.4. The molecule has 0 saturated heterocycles. The van der Waals surface area contributed by atoms with Crippen LogP contribution in [0.3, 0.4) is 0 Å². The molecule has 1 aliphatic rings. The first-order chi connectivity index (χ1) is 9.00. The third kappa shape index (κ3) is 2.89. The Labute approximate surface area is 116 Å². The molecule has 1 amide bonds. The molecule has 2 atom stereocenters. The van der Waals surface area contributed by atoms with Gasteiger partial charge in [-0.15, -0.1) is 0 Å². The number of rotatable bonds is 3. The molecule has 102 valence electrons. The first-order valence-corrected chi connectivity index (χ1v) is 6.67. The number of hydrogen-bond acceptors (Lipinski definition) is 2. The van der Waals surface area contributed by atoms with Crippen LogP contribution < -0.4 is 5.32 Å². The van der Waals surface area contributed by atoms with Crippen LogP contribution in [0.1, 0.15) is 35.2 Å². The summed E-state index contributed by atoms with van der Waals surface area (Å²) in [5.74, 6) is -1.64. The molecule has 0 radical (unpaired) electrons. The SMILES string of the molecule is Cc1cccc(C(=O)NC2CCCC2C(=O)O)c1Cl. The fourth-order valence-electron chi connectivity index (χ4n) is 2.50. The lowest BCUT2D eigenvalue weighted by Gasteiger charge is -2.18. The average molecular weight is 282 g/mol. The summed E-state index contributed by atoms with van der Waals surface area (Å²) in [5.41, 5.74) is 1.23. The number of carboxylic acids is 1. The average Bonchev–Trinajstić information content (AvgIpc) is 2.80. The minimum Gasteiger partial charge on any atom is -0.481 e. The van der Waals surface area contributed by atoms with Crippen LogP contribution in [0.4, 0.5) is 0 Å². The van der Waals surface area contributed by atoms with E-state index in [0.717, 1.165) is 12.0 Å². The van der Waals surface area contributed by atoms with Gasteiger partial charge in [0.15, 0.2) is 0 Å². The Balaban J connectivity index is 2.13. The van der Waals surface area contributed by atoms with Gasteiger partial charge in [0.1, 0.15) is 0 Å². The molecule has 4 nitrogen and oxygen atoms in total. The van der Waals surface area contributed by atoms with Crippen molar-refractivity contribution in [3.8, 4) is 0 Å². The molecule has 0 spiro atoms. The van der Waals surface area contributed by atoms with Gasteiger partial charge in [-0.1, -0.05) is 30.2 Å². The molecule has 0 aliphatic heterocycles. The third-order valence-electron chi connectivity index (χ3n) is 3.59. The lowest BCUT2D eigenvalue weighted by atomic mass is 10.0. The van der Waals surface area contributed by atoms with Gasteiger partial charge in [0.25, 0.3) is 5.91 Å². The van der Waals surface area contributed by atoms with Gasteiger partial charge in [-0.05, 0) is 31.4 Å². The maximum atomic E-state index is 12.2. The summed E-state index contributed by atoms with van der Waals surface area (Å²) < 4.78 is 0. The molecule has 19 heavy (non-hydrogen) atoms. The van der Waals surface area contributed by atoms with E-state index in [0.29, 0.717) is 23.4 Å². The molecule has 0 heterocycles. The quantitative estimate of drug-likeness (QED) is 0.895. The molecule has 1 saturated carbocycles. The first-order valence-electron chi connectivity index (χ1n) is 6.29. The first kappa shape index (κ1) is 13.9. The molecule has 2 unspecified atom stereocenters. The highest BCUT2D eigenvalue weighted by molar-refractivity contribution is 6.34. The zero-order valence-electron chi connectivity index (χ0n) is 10.6. The minimum absolute atomic E-state index is 0.299. The Bertz CT molecular complexity index is 515. The zero-order chi connectivity index (χ0) is 14.0. The number of aliphatic carboxylic acids is 1. The Morgan fingerprint density at radius 1 is 1.37 bits per heavy atom. The van der Waals surface area contributed by atoms with Crippen molar-refractivity contribution in [1.29, 1.82) is 0 Å². The second kappa shape index (κ2) is 5.61. The summed E-state index contributed by atoms with van der Waals surface area (Å²) in [6.07, 6.45) is 2.14. The summed E-state index contributed by atoms with van der Waals surface area (Å²) in [6.45, 7) is 1.83. The molecular weight excluding hydrogens is 266 g/mol. The molecule has 1 fully saturated rings. The van der Waals surface area contributed by atoms with Gasteiger partial charge in [-0.3, -0.25) is 9.59 Å². The van der Waals surface area contributed by atoms with Crippen LogP contribution in [0.2, 0.25) is 5.02 Å². The third-order valence-corrected chi connectivity index (χ3v) is 4.09. The summed E-state index contributed by atoms with van der Waals surface area (Å²) >= 11 is 6.10. The van der Waals surface area contributed by atoms with Crippen molar-refractivity contribution >= 4 is 23.5 Å². The van der Waals surface area contributed by atoms with Crippen molar-refractivity contribution < 1.29 is 14.7 Å². The molecule has 0 bridgehead atoms. The lowest BCUT2D eigenvalue weighted by Crippen LogP contribution is -2.40. The van der Waals surface area contributed by atoms with Gasteiger partial charge < -0.3 is 10.4 Å². The van der Waals surface area contributed by atoms with Crippen LogP contribution in [0.15, 0.2) is 18.2 Å². The van der Waals surface area contributed by atoms with E-state index < -0.39 is 11.9 Å². The van der Waals surface area contributed by atoms with Gasteiger partial charge in [0.05, 0.1) is 16.5 Å². The van der Waals surface area contributed by atoms with Crippen molar-refractivity contribution in [3.63, 3.8) is 0 Å². The van der Waals surface area contributed by atoms with E-state index in [-0.39, 0.29) is 11.9 Å². The standard InChI is InChI=1S/C14H16ClNO3/c1-8-4-2-6-10(12(8)15)13(17)16-11-7-3-5-9(11)14(18)19/h2,4,6,9,11H,3,5,7H2,1H3,(H,16,17)(H,18,19). The largest absolute Gasteiger partial charge is 0.481 e. The second-order valence-electron chi connectivity index (χ2n) is 4.89. The van der Waals surface area contributed by atoms with E-state index in [4.69, 9.17) is 16.7 Å². The topological polar surface area (TPSA) is 66.4 Å². The highest BCUT2D eigenvalue weighted by atomic mass is 35.5. The second-order valence-corrected chi connectivity index (χ2v) is 5.27. The summed E-state index contributed by atoms with van der Waals surface area (Å²) in [6, 6.07) is 4.94. The number of benzene rings is 1. The van der Waals surface area contributed by atoms with Crippen molar-refractivity contribution in [3.05, 3.63) is 34.3 Å². The maximum Gasteiger partial charge on any atom is 0.308 e. The molecule has 5 heteroatoms. The minimum atomic E-state index is -0.849. The van der Waals surface area contributed by atoms with E-state index >= 15 is 0 Å². The van der Waals surface area contributed by atoms with E-state index in [1.807, 2.05) is 13.0 Å². The van der Waals surface area contributed by atoms with Crippen molar-refractivity contribution in [2.45, 2.75) is 32.2 Å². The van der Waals surface area contributed by atoms with Gasteiger partial charge in [0, 0.05) is 6.04 Å². The molecule has 1 aromatic rings. The van der Waals surface area contributed by atoms with Crippen LogP contribution in [0.25, 0.3) is 0 Å². The van der Waals surface area contributed by atoms with E-state index in [9.17, 15) is 9.59 Å². The molecule has 0 aromatic heterocycles. The number of amides is 1. The van der Waals surface area contributed by atoms with Gasteiger partial charge in [-0.25, -0.2) is 0 Å². The van der Waals surface area contributed by atoms with Gasteiger partial charge in [-0.2, -0.15) is 0 Å². The monoisotopic (exact) mass is 281 g/mol. The van der Waals surface area contributed by atoms with Crippen molar-refractivity contribution in [2.24, 2.45) is 5.92 Å². The number of carbonyl (C=O) groups is 2. The van der Waals surface area contributed by atoms with Crippen LogP contribution >= 0.6 is 11.6 Å². The number of carbonyl (C=O) groups excluding carboxylic acids is 1. The number of carboxylic acid groups (broad SMARTS) is 1. The lowest BCUT2D eigenvalue weighted by molar-refractivity contribution is -0.142.